The Balaban J connectivity index is 1.54. The SMILES string of the molecule is CO[C@H]1CC(C=NSC)CN(C(=O)[C@@H]2C[C@H]2c2ccccc2-c2c(F)cccc2F)C1. The smallest absolute Gasteiger partial charge is 0.226 e. The van der Waals surface area contributed by atoms with Crippen LogP contribution >= 0.6 is 11.9 Å². The van der Waals surface area contributed by atoms with Gasteiger partial charge < -0.3 is 9.64 Å². The highest BCUT2D eigenvalue weighted by Gasteiger charge is 2.48. The summed E-state index contributed by atoms with van der Waals surface area (Å²) in [7, 11) is 1.67. The average Bonchev–Trinajstić information content (AvgIpc) is 3.58. The lowest BCUT2D eigenvalue weighted by Crippen LogP contribution is -2.48. The van der Waals surface area contributed by atoms with Gasteiger partial charge in [0.05, 0.1) is 11.7 Å². The van der Waals surface area contributed by atoms with E-state index in [2.05, 4.69) is 4.40 Å². The van der Waals surface area contributed by atoms with E-state index in [-0.39, 0.29) is 35.3 Å². The van der Waals surface area contributed by atoms with Gasteiger partial charge in [-0.3, -0.25) is 4.79 Å². The van der Waals surface area contributed by atoms with E-state index in [1.807, 2.05) is 29.5 Å². The monoisotopic (exact) mass is 444 g/mol. The van der Waals surface area contributed by atoms with Crippen molar-refractivity contribution in [2.75, 3.05) is 26.5 Å². The standard InChI is InChI=1S/C24H26F2N2O2S/c1-30-16-10-15(12-27-31-2)13-28(14-16)24(29)20-11-19(20)17-6-3-4-7-18(17)23-21(25)8-5-9-22(23)26/h3-9,12,15-16,19-20H,10-11,13-14H2,1-2H3/t15?,16-,19-,20+/m0/s1. The predicted molar refractivity (Wildman–Crippen MR) is 120 cm³/mol. The molecule has 4 atom stereocenters. The fourth-order valence-electron chi connectivity index (χ4n) is 4.55. The van der Waals surface area contributed by atoms with Gasteiger partial charge >= 0.3 is 0 Å². The minimum atomic E-state index is -0.592. The molecule has 31 heavy (non-hydrogen) atoms. The zero-order valence-electron chi connectivity index (χ0n) is 17.6. The first-order valence-electron chi connectivity index (χ1n) is 10.4. The molecular weight excluding hydrogens is 418 g/mol. The maximum atomic E-state index is 14.4. The van der Waals surface area contributed by atoms with Gasteiger partial charge in [0.15, 0.2) is 0 Å². The number of rotatable bonds is 6. The molecule has 0 bridgehead atoms. The Hall–Kier alpha value is -2.25. The van der Waals surface area contributed by atoms with Crippen molar-refractivity contribution in [1.29, 1.82) is 0 Å². The molecule has 4 nitrogen and oxygen atoms in total. The molecule has 2 aromatic carbocycles. The van der Waals surface area contributed by atoms with E-state index >= 15 is 0 Å². The number of benzene rings is 2. The molecule has 1 unspecified atom stereocenters. The maximum absolute atomic E-state index is 14.4. The van der Waals surface area contributed by atoms with E-state index in [0.29, 0.717) is 25.1 Å². The van der Waals surface area contributed by atoms with Crippen molar-refractivity contribution in [2.24, 2.45) is 16.2 Å². The summed E-state index contributed by atoms with van der Waals surface area (Å²) in [6.07, 6.45) is 5.31. The highest BCUT2D eigenvalue weighted by Crippen LogP contribution is 2.51. The summed E-state index contributed by atoms with van der Waals surface area (Å²) in [4.78, 5) is 15.1. The average molecular weight is 445 g/mol. The molecule has 1 saturated carbocycles. The molecule has 1 aliphatic carbocycles. The Kier molecular flexibility index (Phi) is 6.72. The van der Waals surface area contributed by atoms with Crippen LogP contribution in [0.25, 0.3) is 11.1 Å². The molecule has 164 valence electrons. The molecule has 1 heterocycles. The van der Waals surface area contributed by atoms with Crippen molar-refractivity contribution < 1.29 is 18.3 Å². The lowest BCUT2D eigenvalue weighted by molar-refractivity contribution is -0.137. The Morgan fingerprint density at radius 1 is 1.13 bits per heavy atom. The van der Waals surface area contributed by atoms with Crippen molar-refractivity contribution in [3.05, 3.63) is 59.7 Å². The van der Waals surface area contributed by atoms with Gasteiger partial charge in [0.25, 0.3) is 0 Å². The van der Waals surface area contributed by atoms with E-state index < -0.39 is 11.6 Å². The molecule has 1 aliphatic heterocycles. The van der Waals surface area contributed by atoms with Gasteiger partial charge in [-0.2, -0.15) is 0 Å². The molecule has 0 N–H and O–H groups in total. The number of carbonyl (C=O) groups is 1. The van der Waals surface area contributed by atoms with Crippen LogP contribution in [-0.2, 0) is 9.53 Å². The van der Waals surface area contributed by atoms with Crippen LogP contribution in [0.2, 0.25) is 0 Å². The van der Waals surface area contributed by atoms with Crippen molar-refractivity contribution in [1.82, 2.24) is 4.90 Å². The molecule has 0 aromatic heterocycles. The van der Waals surface area contributed by atoms with Crippen LogP contribution in [0.5, 0.6) is 0 Å². The van der Waals surface area contributed by atoms with Gasteiger partial charge in [0.1, 0.15) is 11.6 Å². The van der Waals surface area contributed by atoms with E-state index in [4.69, 9.17) is 4.74 Å². The Bertz CT molecular complexity index is 964. The van der Waals surface area contributed by atoms with Crippen LogP contribution in [-0.4, -0.2) is 49.6 Å². The third kappa shape index (κ3) is 4.67. The summed E-state index contributed by atoms with van der Waals surface area (Å²) in [6.45, 7) is 1.18. The van der Waals surface area contributed by atoms with Gasteiger partial charge in [0.2, 0.25) is 5.91 Å². The van der Waals surface area contributed by atoms with Crippen molar-refractivity contribution in [3.8, 4) is 11.1 Å². The van der Waals surface area contributed by atoms with Crippen LogP contribution in [0.3, 0.4) is 0 Å². The quantitative estimate of drug-likeness (QED) is 0.468. The van der Waals surface area contributed by atoms with Crippen LogP contribution in [0.4, 0.5) is 8.78 Å². The molecule has 2 aromatic rings. The molecule has 0 spiro atoms. The van der Waals surface area contributed by atoms with Gasteiger partial charge in [-0.05, 0) is 54.0 Å². The number of amides is 1. The van der Waals surface area contributed by atoms with Crippen molar-refractivity contribution in [3.63, 3.8) is 0 Å². The second kappa shape index (κ2) is 9.49. The normalized spacial score (nSPS) is 25.7. The lowest BCUT2D eigenvalue weighted by atomic mass is 9.94. The first-order chi connectivity index (χ1) is 15.0. The molecule has 7 heteroatoms. The fraction of sp³-hybridized carbons (Fsp3) is 0.417. The molecular formula is C24H26F2N2O2S. The molecule has 1 saturated heterocycles. The summed E-state index contributed by atoms with van der Waals surface area (Å²) in [6, 6.07) is 11.1. The van der Waals surface area contributed by atoms with Crippen molar-refractivity contribution >= 4 is 24.1 Å². The highest BCUT2D eigenvalue weighted by atomic mass is 32.2. The molecule has 2 fully saturated rings. The third-order valence-electron chi connectivity index (χ3n) is 6.17. The van der Waals surface area contributed by atoms with Crippen LogP contribution < -0.4 is 0 Å². The maximum Gasteiger partial charge on any atom is 0.226 e. The second-order valence-corrected chi connectivity index (χ2v) is 8.74. The molecule has 0 radical (unpaired) electrons. The topological polar surface area (TPSA) is 41.9 Å². The van der Waals surface area contributed by atoms with Gasteiger partial charge in [0, 0.05) is 44.5 Å². The largest absolute Gasteiger partial charge is 0.380 e. The number of hydrogen-bond donors (Lipinski definition) is 0. The predicted octanol–water partition coefficient (Wildman–Crippen LogP) is 4.95. The van der Waals surface area contributed by atoms with Crippen LogP contribution in [0.15, 0.2) is 46.9 Å². The molecule has 2 aliphatic rings. The first-order valence-corrected chi connectivity index (χ1v) is 11.6. The number of likely N-dealkylation sites (tertiary alicyclic amines) is 1. The number of nitrogens with zero attached hydrogens (tertiary/aromatic N) is 2. The van der Waals surface area contributed by atoms with E-state index in [0.717, 1.165) is 12.0 Å². The van der Waals surface area contributed by atoms with Crippen molar-refractivity contribution in [2.45, 2.75) is 24.9 Å². The molecule has 1 amide bonds. The lowest BCUT2D eigenvalue weighted by Gasteiger charge is -2.36. The number of piperidine rings is 1. The van der Waals surface area contributed by atoms with Gasteiger partial charge in [-0.25, -0.2) is 13.2 Å². The second-order valence-electron chi connectivity index (χ2n) is 8.17. The van der Waals surface area contributed by atoms with Gasteiger partial charge in [-0.15, -0.1) is 0 Å². The summed E-state index contributed by atoms with van der Waals surface area (Å²) in [5, 5.41) is 0. The minimum absolute atomic E-state index is 0.0204. The first kappa shape index (κ1) is 22.0. The molecule has 4 rings (SSSR count). The third-order valence-corrected chi connectivity index (χ3v) is 6.50. The fourth-order valence-corrected chi connectivity index (χ4v) is 4.84. The number of methoxy groups -OCH3 is 1. The summed E-state index contributed by atoms with van der Waals surface area (Å²) in [5.74, 6) is -1.16. The van der Waals surface area contributed by atoms with Crippen LogP contribution in [0.1, 0.15) is 24.3 Å². The minimum Gasteiger partial charge on any atom is -0.380 e. The zero-order chi connectivity index (χ0) is 22.0. The number of ether oxygens (including phenoxy) is 1. The Morgan fingerprint density at radius 2 is 1.87 bits per heavy atom. The summed E-state index contributed by atoms with van der Waals surface area (Å²) < 4.78 is 38.7. The Labute approximate surface area is 185 Å². The van der Waals surface area contributed by atoms with E-state index in [1.165, 1.54) is 30.1 Å². The summed E-state index contributed by atoms with van der Waals surface area (Å²) >= 11 is 1.40. The number of hydrogen-bond acceptors (Lipinski definition) is 4. The Morgan fingerprint density at radius 3 is 2.58 bits per heavy atom. The number of halogens is 2. The van der Waals surface area contributed by atoms with Gasteiger partial charge in [-0.1, -0.05) is 30.3 Å². The highest BCUT2D eigenvalue weighted by molar-refractivity contribution is 7.97. The summed E-state index contributed by atoms with van der Waals surface area (Å²) in [5.41, 5.74) is 1.32. The van der Waals surface area contributed by atoms with E-state index in [1.54, 1.807) is 19.2 Å². The van der Waals surface area contributed by atoms with Crippen LogP contribution in [0, 0.1) is 23.5 Å². The zero-order valence-corrected chi connectivity index (χ0v) is 18.4. The van der Waals surface area contributed by atoms with E-state index in [9.17, 15) is 13.6 Å². The number of carbonyl (C=O) groups excluding carboxylic acids is 1.